The number of carbonyl (C=O) groups excluding carboxylic acids is 2. The van der Waals surface area contributed by atoms with Gasteiger partial charge in [-0.2, -0.15) is 0 Å². The number of carbonyl (C=O) groups is 2. The van der Waals surface area contributed by atoms with Crippen LogP contribution in [0.25, 0.3) is 0 Å². The number of hydrogen-bond donors (Lipinski definition) is 1. The zero-order valence-electron chi connectivity index (χ0n) is 21.1. The second-order valence-corrected chi connectivity index (χ2v) is 10.4. The van der Waals surface area contributed by atoms with Gasteiger partial charge < -0.3 is 19.7 Å². The molecule has 2 rings (SSSR count). The van der Waals surface area contributed by atoms with Crippen LogP contribution in [0.4, 0.5) is 5.69 Å². The van der Waals surface area contributed by atoms with Crippen molar-refractivity contribution in [2.75, 3.05) is 37.9 Å². The number of sulfonamides is 1. The maximum absolute atomic E-state index is 13.5. The minimum absolute atomic E-state index is 0.102. The van der Waals surface area contributed by atoms with Gasteiger partial charge in [-0.05, 0) is 44.9 Å². The molecule has 0 radical (unpaired) electrons. The molecule has 0 aliphatic rings. The molecule has 0 saturated carbocycles. The van der Waals surface area contributed by atoms with E-state index in [1.165, 1.54) is 25.2 Å². The van der Waals surface area contributed by atoms with Crippen LogP contribution < -0.4 is 19.1 Å². The lowest BCUT2D eigenvalue weighted by molar-refractivity contribution is -0.139. The van der Waals surface area contributed by atoms with Gasteiger partial charge >= 0.3 is 0 Å². The van der Waals surface area contributed by atoms with Crippen LogP contribution in [0.3, 0.4) is 0 Å². The maximum Gasteiger partial charge on any atom is 0.244 e. The van der Waals surface area contributed by atoms with Crippen molar-refractivity contribution >= 4 is 27.5 Å². The molecular formula is C25H35N3O6S. The largest absolute Gasteiger partial charge is 0.493 e. The quantitative estimate of drug-likeness (QED) is 0.475. The molecule has 0 spiro atoms. The molecule has 1 atom stereocenters. The second kappa shape index (κ2) is 12.4. The molecule has 1 N–H and O–H groups in total. The lowest BCUT2D eigenvalue weighted by Gasteiger charge is -2.32. The Labute approximate surface area is 208 Å². The lowest BCUT2D eigenvalue weighted by atomic mass is 10.1. The zero-order valence-corrected chi connectivity index (χ0v) is 22.0. The molecule has 0 bridgehead atoms. The second-order valence-electron chi connectivity index (χ2n) is 8.47. The van der Waals surface area contributed by atoms with Gasteiger partial charge in [0.2, 0.25) is 21.8 Å². The van der Waals surface area contributed by atoms with Crippen LogP contribution >= 0.6 is 0 Å². The average molecular weight is 506 g/mol. The van der Waals surface area contributed by atoms with Crippen LogP contribution in [-0.4, -0.2) is 70.8 Å². The summed E-state index contributed by atoms with van der Waals surface area (Å²) in [6, 6.07) is 13.3. The van der Waals surface area contributed by atoms with E-state index in [0.717, 1.165) is 16.1 Å². The maximum atomic E-state index is 13.5. The van der Waals surface area contributed by atoms with E-state index in [4.69, 9.17) is 9.47 Å². The molecule has 1 unspecified atom stereocenters. The summed E-state index contributed by atoms with van der Waals surface area (Å²) in [5.41, 5.74) is 1.25. The summed E-state index contributed by atoms with van der Waals surface area (Å²) in [6.45, 7) is 5.09. The van der Waals surface area contributed by atoms with E-state index in [1.54, 1.807) is 19.1 Å². The van der Waals surface area contributed by atoms with Crippen molar-refractivity contribution in [3.63, 3.8) is 0 Å². The minimum atomic E-state index is -3.83. The minimum Gasteiger partial charge on any atom is -0.493 e. The van der Waals surface area contributed by atoms with Crippen molar-refractivity contribution in [2.45, 2.75) is 39.3 Å². The molecular weight excluding hydrogens is 470 g/mol. The monoisotopic (exact) mass is 505 g/mol. The highest BCUT2D eigenvalue weighted by Gasteiger charge is 2.30. The summed E-state index contributed by atoms with van der Waals surface area (Å²) in [4.78, 5) is 27.7. The number of benzene rings is 2. The first kappa shape index (κ1) is 28.0. The number of amides is 2. The highest BCUT2D eigenvalue weighted by molar-refractivity contribution is 7.92. The smallest absolute Gasteiger partial charge is 0.244 e. The first-order chi connectivity index (χ1) is 16.5. The molecule has 0 aromatic heterocycles. The number of rotatable bonds is 12. The van der Waals surface area contributed by atoms with Crippen LogP contribution in [-0.2, 0) is 26.0 Å². The average Bonchev–Trinajstić information content (AvgIpc) is 2.81. The van der Waals surface area contributed by atoms with Crippen LogP contribution in [0, 0.1) is 0 Å². The van der Waals surface area contributed by atoms with Crippen LogP contribution in [0.5, 0.6) is 11.5 Å². The summed E-state index contributed by atoms with van der Waals surface area (Å²) in [5.74, 6) is -0.0396. The Morgan fingerprint density at radius 1 is 0.971 bits per heavy atom. The first-order valence-corrected chi connectivity index (χ1v) is 13.2. The van der Waals surface area contributed by atoms with Crippen molar-refractivity contribution in [2.24, 2.45) is 0 Å². The van der Waals surface area contributed by atoms with E-state index in [-0.39, 0.29) is 24.2 Å². The summed E-state index contributed by atoms with van der Waals surface area (Å²) >= 11 is 0. The third-order valence-corrected chi connectivity index (χ3v) is 6.56. The van der Waals surface area contributed by atoms with E-state index >= 15 is 0 Å². The molecule has 0 saturated heterocycles. The van der Waals surface area contributed by atoms with Gasteiger partial charge in [-0.25, -0.2) is 8.42 Å². The lowest BCUT2D eigenvalue weighted by Crippen LogP contribution is -2.53. The van der Waals surface area contributed by atoms with Crippen molar-refractivity contribution in [3.05, 3.63) is 54.1 Å². The molecule has 2 aromatic carbocycles. The summed E-state index contributed by atoms with van der Waals surface area (Å²) in [6.07, 6.45) is 1.54. The summed E-state index contributed by atoms with van der Waals surface area (Å²) < 4.78 is 36.9. The Bertz CT molecular complexity index is 1110. The molecule has 2 aromatic rings. The number of hydrogen-bond acceptors (Lipinski definition) is 6. The highest BCUT2D eigenvalue weighted by atomic mass is 32.2. The molecule has 9 nitrogen and oxygen atoms in total. The van der Waals surface area contributed by atoms with Gasteiger partial charge in [0.25, 0.3) is 0 Å². The molecule has 0 aliphatic heterocycles. The van der Waals surface area contributed by atoms with E-state index in [2.05, 4.69) is 5.32 Å². The number of nitrogens with zero attached hydrogens (tertiary/aromatic N) is 2. The van der Waals surface area contributed by atoms with Crippen LogP contribution in [0.2, 0.25) is 0 Å². The molecule has 0 aliphatic carbocycles. The first-order valence-electron chi connectivity index (χ1n) is 11.3. The summed E-state index contributed by atoms with van der Waals surface area (Å²) in [5, 5.41) is 2.82. The van der Waals surface area contributed by atoms with Crippen LogP contribution in [0.1, 0.15) is 26.3 Å². The predicted molar refractivity (Wildman–Crippen MR) is 136 cm³/mol. The number of ether oxygens (including phenoxy) is 2. The van der Waals surface area contributed by atoms with Gasteiger partial charge in [-0.3, -0.25) is 13.9 Å². The van der Waals surface area contributed by atoms with E-state index in [0.29, 0.717) is 17.9 Å². The fraction of sp³-hybridized carbons (Fsp3) is 0.440. The summed E-state index contributed by atoms with van der Waals surface area (Å²) in [7, 11) is -0.916. The SMILES string of the molecule is COc1ccc(N(CC(=O)N(CCc2ccccc2)C(C)C(=O)NC(C)C)S(C)(=O)=O)cc1OC. The number of anilines is 1. The van der Waals surface area contributed by atoms with Gasteiger partial charge in [0.1, 0.15) is 12.6 Å². The molecule has 10 heteroatoms. The van der Waals surface area contributed by atoms with E-state index in [9.17, 15) is 18.0 Å². The topological polar surface area (TPSA) is 105 Å². The van der Waals surface area contributed by atoms with Crippen molar-refractivity contribution in [1.82, 2.24) is 10.2 Å². The van der Waals surface area contributed by atoms with Crippen LogP contribution in [0.15, 0.2) is 48.5 Å². The highest BCUT2D eigenvalue weighted by Crippen LogP contribution is 2.32. The number of nitrogens with one attached hydrogen (secondary N) is 1. The third kappa shape index (κ3) is 7.88. The molecule has 192 valence electrons. The van der Waals surface area contributed by atoms with Crippen molar-refractivity contribution in [3.8, 4) is 11.5 Å². The van der Waals surface area contributed by atoms with Gasteiger partial charge in [0.15, 0.2) is 11.5 Å². The Morgan fingerprint density at radius 2 is 1.60 bits per heavy atom. The fourth-order valence-electron chi connectivity index (χ4n) is 3.57. The van der Waals surface area contributed by atoms with Gasteiger partial charge in [0.05, 0.1) is 26.2 Å². The van der Waals surface area contributed by atoms with Gasteiger partial charge in [-0.15, -0.1) is 0 Å². The molecule has 0 fully saturated rings. The van der Waals surface area contributed by atoms with Gasteiger partial charge in [0, 0.05) is 18.7 Å². The Hall–Kier alpha value is -3.27. The number of methoxy groups -OCH3 is 2. The third-order valence-electron chi connectivity index (χ3n) is 5.42. The molecule has 35 heavy (non-hydrogen) atoms. The molecule has 0 heterocycles. The van der Waals surface area contributed by atoms with Gasteiger partial charge in [-0.1, -0.05) is 30.3 Å². The fourth-order valence-corrected chi connectivity index (χ4v) is 4.41. The zero-order chi connectivity index (χ0) is 26.2. The normalized spacial score (nSPS) is 12.1. The van der Waals surface area contributed by atoms with Crippen molar-refractivity contribution < 1.29 is 27.5 Å². The predicted octanol–water partition coefficient (Wildman–Crippen LogP) is 2.45. The Balaban J connectivity index is 2.36. The Kier molecular flexibility index (Phi) is 9.94. The van der Waals surface area contributed by atoms with E-state index in [1.807, 2.05) is 44.2 Å². The van der Waals surface area contributed by atoms with E-state index < -0.39 is 28.5 Å². The standard InChI is InChI=1S/C25H35N3O6S/c1-18(2)26-25(30)19(3)27(15-14-20-10-8-7-9-11-20)24(29)17-28(35(6,31)32)21-12-13-22(33-4)23(16-21)34-5/h7-13,16,18-19H,14-15,17H2,1-6H3,(H,26,30). The molecule has 2 amide bonds. The van der Waals surface area contributed by atoms with Crippen molar-refractivity contribution in [1.29, 1.82) is 0 Å². The Morgan fingerprint density at radius 3 is 2.14 bits per heavy atom.